The van der Waals surface area contributed by atoms with E-state index in [4.69, 9.17) is 5.73 Å². The molecule has 2 rings (SSSR count). The zero-order chi connectivity index (χ0) is 16.0. The summed E-state index contributed by atoms with van der Waals surface area (Å²) in [7, 11) is 0. The van der Waals surface area contributed by atoms with E-state index in [1.54, 1.807) is 19.1 Å². The molecular formula is C15H18F3N3. The van der Waals surface area contributed by atoms with Gasteiger partial charge in [0.15, 0.2) is 5.69 Å². The van der Waals surface area contributed by atoms with Crippen molar-refractivity contribution >= 4 is 0 Å². The molecule has 0 fully saturated rings. The van der Waals surface area contributed by atoms with Crippen molar-refractivity contribution in [3.05, 3.63) is 46.8 Å². The first kappa shape index (κ1) is 15.6. The summed E-state index contributed by atoms with van der Waals surface area (Å²) in [6, 6.07) is 5.31. The number of benzene rings is 1. The van der Waals surface area contributed by atoms with E-state index in [-0.39, 0.29) is 5.56 Å². The number of nitrogens with zero attached hydrogens (tertiary/aromatic N) is 2. The molecule has 2 N–H and O–H groups in total. The van der Waals surface area contributed by atoms with E-state index < -0.39 is 17.4 Å². The van der Waals surface area contributed by atoms with Gasteiger partial charge in [-0.3, -0.25) is 0 Å². The molecule has 1 aromatic heterocycles. The van der Waals surface area contributed by atoms with Crippen LogP contribution in [-0.4, -0.2) is 9.78 Å². The fourth-order valence-electron chi connectivity index (χ4n) is 2.22. The summed E-state index contributed by atoms with van der Waals surface area (Å²) in [6.45, 7) is 6.65. The minimum atomic E-state index is -4.53. The van der Waals surface area contributed by atoms with Gasteiger partial charge in [0, 0.05) is 11.1 Å². The van der Waals surface area contributed by atoms with Crippen LogP contribution in [-0.2, 0) is 11.7 Å². The van der Waals surface area contributed by atoms with E-state index in [1.165, 1.54) is 20.0 Å². The van der Waals surface area contributed by atoms with Gasteiger partial charge in [0.25, 0.3) is 0 Å². The van der Waals surface area contributed by atoms with Gasteiger partial charge in [-0.1, -0.05) is 12.1 Å². The smallest absolute Gasteiger partial charge is 0.322 e. The van der Waals surface area contributed by atoms with E-state index in [0.717, 1.165) is 15.8 Å². The monoisotopic (exact) mass is 297 g/mol. The van der Waals surface area contributed by atoms with Gasteiger partial charge in [-0.2, -0.15) is 18.3 Å². The highest BCUT2D eigenvalue weighted by Crippen LogP contribution is 2.37. The second-order valence-corrected chi connectivity index (χ2v) is 5.83. The average molecular weight is 297 g/mol. The number of aryl methyl sites for hydroxylation is 2. The molecule has 0 saturated carbocycles. The predicted molar refractivity (Wildman–Crippen MR) is 75.3 cm³/mol. The van der Waals surface area contributed by atoms with Crippen LogP contribution in [0.2, 0.25) is 0 Å². The van der Waals surface area contributed by atoms with E-state index in [0.29, 0.717) is 5.69 Å². The lowest BCUT2D eigenvalue weighted by atomic mass is 9.96. The molecule has 114 valence electrons. The maximum Gasteiger partial charge on any atom is 0.433 e. The number of hydrogen-bond acceptors (Lipinski definition) is 2. The van der Waals surface area contributed by atoms with E-state index in [1.807, 2.05) is 13.0 Å². The van der Waals surface area contributed by atoms with Gasteiger partial charge in [0.2, 0.25) is 0 Å². The fraction of sp³-hybridized carbons (Fsp3) is 0.400. The zero-order valence-electron chi connectivity index (χ0n) is 12.4. The molecule has 0 spiro atoms. The lowest BCUT2D eigenvalue weighted by Crippen LogP contribution is -2.31. The van der Waals surface area contributed by atoms with Crippen LogP contribution in [0.5, 0.6) is 0 Å². The highest BCUT2D eigenvalue weighted by atomic mass is 19.4. The Kier molecular flexibility index (Phi) is 3.61. The third-order valence-corrected chi connectivity index (χ3v) is 3.32. The molecule has 0 unspecified atom stereocenters. The molecule has 0 bridgehead atoms. The van der Waals surface area contributed by atoms with Gasteiger partial charge >= 0.3 is 6.18 Å². The molecule has 0 saturated heterocycles. The summed E-state index contributed by atoms with van der Waals surface area (Å²) in [4.78, 5) is 0. The van der Waals surface area contributed by atoms with Crippen LogP contribution in [0.15, 0.2) is 24.4 Å². The molecule has 0 aliphatic rings. The normalized spacial score (nSPS) is 12.8. The predicted octanol–water partition coefficient (Wildman–Crippen LogP) is 3.70. The number of nitrogens with two attached hydrogens (primary N) is 1. The van der Waals surface area contributed by atoms with Crippen molar-refractivity contribution in [2.75, 3.05) is 0 Å². The van der Waals surface area contributed by atoms with Crippen LogP contribution in [0.4, 0.5) is 13.2 Å². The average Bonchev–Trinajstić information content (AvgIpc) is 2.76. The van der Waals surface area contributed by atoms with Crippen molar-refractivity contribution in [1.29, 1.82) is 0 Å². The lowest BCUT2D eigenvalue weighted by Gasteiger charge is -2.21. The maximum atomic E-state index is 13.5. The lowest BCUT2D eigenvalue weighted by molar-refractivity contribution is -0.144. The fourth-order valence-corrected chi connectivity index (χ4v) is 2.22. The highest BCUT2D eigenvalue weighted by Gasteiger charge is 2.41. The molecule has 0 aliphatic carbocycles. The Morgan fingerprint density at radius 2 is 1.76 bits per heavy atom. The summed E-state index contributed by atoms with van der Waals surface area (Å²) in [5.74, 6) is 0. The van der Waals surface area contributed by atoms with E-state index >= 15 is 0 Å². The van der Waals surface area contributed by atoms with Crippen LogP contribution in [0.3, 0.4) is 0 Å². The topological polar surface area (TPSA) is 43.8 Å². The molecule has 0 atom stereocenters. The number of aromatic nitrogens is 2. The van der Waals surface area contributed by atoms with Crippen LogP contribution >= 0.6 is 0 Å². The zero-order valence-corrected chi connectivity index (χ0v) is 12.4. The molecule has 1 heterocycles. The molecule has 0 aliphatic heterocycles. The summed E-state index contributed by atoms with van der Waals surface area (Å²) in [5.41, 5.74) is 5.90. The third-order valence-electron chi connectivity index (χ3n) is 3.32. The number of halogens is 3. The van der Waals surface area contributed by atoms with Gasteiger partial charge in [-0.15, -0.1) is 0 Å². The Morgan fingerprint density at radius 1 is 1.14 bits per heavy atom. The minimum absolute atomic E-state index is 0.0177. The highest BCUT2D eigenvalue weighted by molar-refractivity contribution is 5.45. The standard InChI is InChI=1S/C15H18F3N3/c1-9-5-6-10(2)12(7-9)21-13(15(16,17)18)11(8-20-21)14(3,4)19/h5-8H,19H2,1-4H3. The minimum Gasteiger partial charge on any atom is -0.322 e. The second kappa shape index (κ2) is 4.87. The molecule has 3 nitrogen and oxygen atoms in total. The third kappa shape index (κ3) is 2.95. The first-order valence-corrected chi connectivity index (χ1v) is 6.54. The van der Waals surface area contributed by atoms with Crippen LogP contribution in [0, 0.1) is 13.8 Å². The van der Waals surface area contributed by atoms with Gasteiger partial charge in [0.05, 0.1) is 11.9 Å². The summed E-state index contributed by atoms with van der Waals surface area (Å²) >= 11 is 0. The molecular weight excluding hydrogens is 279 g/mol. The first-order chi connectivity index (χ1) is 9.51. The van der Waals surface area contributed by atoms with Crippen molar-refractivity contribution in [1.82, 2.24) is 9.78 Å². The van der Waals surface area contributed by atoms with Crippen molar-refractivity contribution in [3.63, 3.8) is 0 Å². The Labute approximate surface area is 121 Å². The second-order valence-electron chi connectivity index (χ2n) is 5.83. The van der Waals surface area contributed by atoms with Gasteiger partial charge in [0.1, 0.15) is 0 Å². The Hall–Kier alpha value is -1.82. The van der Waals surface area contributed by atoms with Crippen molar-refractivity contribution < 1.29 is 13.2 Å². The summed E-state index contributed by atoms with van der Waals surface area (Å²) < 4.78 is 41.4. The summed E-state index contributed by atoms with van der Waals surface area (Å²) in [6.07, 6.45) is -3.33. The first-order valence-electron chi connectivity index (χ1n) is 6.54. The quantitative estimate of drug-likeness (QED) is 0.918. The summed E-state index contributed by atoms with van der Waals surface area (Å²) in [5, 5.41) is 3.94. The Balaban J connectivity index is 2.76. The van der Waals surface area contributed by atoms with Crippen molar-refractivity contribution in [2.45, 2.75) is 39.4 Å². The Morgan fingerprint density at radius 3 is 2.29 bits per heavy atom. The van der Waals surface area contributed by atoms with Gasteiger partial charge < -0.3 is 5.73 Å². The molecule has 0 radical (unpaired) electrons. The van der Waals surface area contributed by atoms with Crippen molar-refractivity contribution in [3.8, 4) is 5.69 Å². The molecule has 0 amide bonds. The Bertz CT molecular complexity index is 664. The van der Waals surface area contributed by atoms with Crippen molar-refractivity contribution in [2.24, 2.45) is 5.73 Å². The van der Waals surface area contributed by atoms with Gasteiger partial charge in [-0.25, -0.2) is 4.68 Å². The van der Waals surface area contributed by atoms with Gasteiger partial charge in [-0.05, 0) is 44.9 Å². The van der Waals surface area contributed by atoms with Crippen LogP contribution < -0.4 is 5.73 Å². The SMILES string of the molecule is Cc1ccc(C)c(-n2ncc(C(C)(C)N)c2C(F)(F)F)c1. The van der Waals surface area contributed by atoms with E-state index in [9.17, 15) is 13.2 Å². The van der Waals surface area contributed by atoms with Crippen LogP contribution in [0.1, 0.15) is 36.2 Å². The van der Waals surface area contributed by atoms with Crippen LogP contribution in [0.25, 0.3) is 5.69 Å². The number of alkyl halides is 3. The molecule has 1 aromatic carbocycles. The molecule has 2 aromatic rings. The number of rotatable bonds is 2. The molecule has 21 heavy (non-hydrogen) atoms. The largest absolute Gasteiger partial charge is 0.433 e. The number of hydrogen-bond donors (Lipinski definition) is 1. The van der Waals surface area contributed by atoms with E-state index in [2.05, 4.69) is 5.10 Å². The molecule has 6 heteroatoms. The maximum absolute atomic E-state index is 13.5.